The monoisotopic (exact) mass is 175 g/mol. The van der Waals surface area contributed by atoms with Gasteiger partial charge in [-0.3, -0.25) is 9.69 Å². The molecule has 0 saturated carbocycles. The van der Waals surface area contributed by atoms with E-state index in [0.29, 0.717) is 19.4 Å². The standard InChI is InChI=1S/C8H14FNO2/c1-2-7(8(11)12)10-4-3-6(9)5-10/h6-7H,2-5H2,1H3,(H,11,12)/t6-,7+/m0/s1. The Morgan fingerprint density at radius 1 is 1.83 bits per heavy atom. The molecule has 1 fully saturated rings. The fraction of sp³-hybridized carbons (Fsp3) is 0.875. The van der Waals surface area contributed by atoms with Crippen LogP contribution >= 0.6 is 0 Å². The van der Waals surface area contributed by atoms with Gasteiger partial charge in [0.25, 0.3) is 0 Å². The summed E-state index contributed by atoms with van der Waals surface area (Å²) in [5.74, 6) is -0.841. The molecular formula is C8H14FNO2. The van der Waals surface area contributed by atoms with Gasteiger partial charge in [0.05, 0.1) is 0 Å². The smallest absolute Gasteiger partial charge is 0.320 e. The number of rotatable bonds is 3. The van der Waals surface area contributed by atoms with Gasteiger partial charge in [-0.05, 0) is 12.8 Å². The maximum absolute atomic E-state index is 12.7. The Hall–Kier alpha value is -0.640. The Kier molecular flexibility index (Phi) is 3.03. The van der Waals surface area contributed by atoms with Gasteiger partial charge in [0.2, 0.25) is 0 Å². The van der Waals surface area contributed by atoms with Crippen molar-refractivity contribution >= 4 is 5.97 Å². The SMILES string of the molecule is CC[C@H](C(=O)O)N1CC[C@H](F)C1. The summed E-state index contributed by atoms with van der Waals surface area (Å²) in [6, 6.07) is -0.495. The molecule has 1 aliphatic rings. The number of carbonyl (C=O) groups is 1. The van der Waals surface area contributed by atoms with Crippen LogP contribution in [0.1, 0.15) is 19.8 Å². The third-order valence-corrected chi connectivity index (χ3v) is 2.27. The summed E-state index contributed by atoms with van der Waals surface area (Å²) in [4.78, 5) is 12.4. The van der Waals surface area contributed by atoms with Crippen molar-refractivity contribution in [2.45, 2.75) is 32.0 Å². The molecule has 0 amide bonds. The minimum Gasteiger partial charge on any atom is -0.480 e. The third-order valence-electron chi connectivity index (χ3n) is 2.27. The van der Waals surface area contributed by atoms with Gasteiger partial charge in [0.15, 0.2) is 0 Å². The largest absolute Gasteiger partial charge is 0.480 e. The van der Waals surface area contributed by atoms with Crippen molar-refractivity contribution in [3.05, 3.63) is 0 Å². The average Bonchev–Trinajstić information content (AvgIpc) is 2.37. The van der Waals surface area contributed by atoms with E-state index in [2.05, 4.69) is 0 Å². The van der Waals surface area contributed by atoms with E-state index < -0.39 is 18.2 Å². The van der Waals surface area contributed by atoms with Gasteiger partial charge in [-0.15, -0.1) is 0 Å². The highest BCUT2D eigenvalue weighted by atomic mass is 19.1. The van der Waals surface area contributed by atoms with E-state index >= 15 is 0 Å². The zero-order valence-corrected chi connectivity index (χ0v) is 7.16. The summed E-state index contributed by atoms with van der Waals surface area (Å²) in [5.41, 5.74) is 0. The van der Waals surface area contributed by atoms with Gasteiger partial charge in [-0.25, -0.2) is 4.39 Å². The number of alkyl halides is 1. The summed E-state index contributed by atoms with van der Waals surface area (Å²) in [6.07, 6.45) is 0.185. The molecule has 70 valence electrons. The molecule has 0 aromatic rings. The molecule has 1 rings (SSSR count). The van der Waals surface area contributed by atoms with Crippen molar-refractivity contribution in [2.75, 3.05) is 13.1 Å². The normalized spacial score (nSPS) is 27.3. The first-order chi connectivity index (χ1) is 5.65. The van der Waals surface area contributed by atoms with Gasteiger partial charge in [0, 0.05) is 13.1 Å². The van der Waals surface area contributed by atoms with Crippen LogP contribution in [0.15, 0.2) is 0 Å². The van der Waals surface area contributed by atoms with Gasteiger partial charge >= 0.3 is 5.97 Å². The van der Waals surface area contributed by atoms with Crippen molar-refractivity contribution in [1.29, 1.82) is 0 Å². The Bertz CT molecular complexity index is 174. The van der Waals surface area contributed by atoms with Gasteiger partial charge < -0.3 is 5.11 Å². The van der Waals surface area contributed by atoms with Crippen molar-refractivity contribution in [1.82, 2.24) is 4.90 Å². The lowest BCUT2D eigenvalue weighted by Gasteiger charge is -2.21. The third kappa shape index (κ3) is 1.94. The van der Waals surface area contributed by atoms with Crippen LogP contribution in [0, 0.1) is 0 Å². The van der Waals surface area contributed by atoms with Crippen LogP contribution < -0.4 is 0 Å². The maximum Gasteiger partial charge on any atom is 0.320 e. The number of hydrogen-bond acceptors (Lipinski definition) is 2. The molecule has 1 N–H and O–H groups in total. The van der Waals surface area contributed by atoms with E-state index in [4.69, 9.17) is 5.11 Å². The highest BCUT2D eigenvalue weighted by Crippen LogP contribution is 2.16. The van der Waals surface area contributed by atoms with Crippen LogP contribution in [-0.2, 0) is 4.79 Å². The molecule has 0 aliphatic carbocycles. The highest BCUT2D eigenvalue weighted by molar-refractivity contribution is 5.73. The summed E-state index contributed by atoms with van der Waals surface area (Å²) in [6.45, 7) is 2.67. The molecule has 0 aromatic heterocycles. The number of aliphatic carboxylic acids is 1. The molecule has 1 saturated heterocycles. The van der Waals surface area contributed by atoms with Crippen LogP contribution in [-0.4, -0.2) is 41.3 Å². The molecule has 1 aliphatic heterocycles. The molecular weight excluding hydrogens is 161 g/mol. The quantitative estimate of drug-likeness (QED) is 0.692. The highest BCUT2D eigenvalue weighted by Gasteiger charge is 2.30. The van der Waals surface area contributed by atoms with E-state index in [1.807, 2.05) is 6.92 Å². The fourth-order valence-electron chi connectivity index (χ4n) is 1.62. The molecule has 0 aromatic carbocycles. The second-order valence-electron chi connectivity index (χ2n) is 3.14. The molecule has 0 spiro atoms. The maximum atomic E-state index is 12.7. The second kappa shape index (κ2) is 3.85. The van der Waals surface area contributed by atoms with E-state index in [1.54, 1.807) is 4.90 Å². The number of halogens is 1. The first kappa shape index (κ1) is 9.45. The van der Waals surface area contributed by atoms with Crippen molar-refractivity contribution in [3.8, 4) is 0 Å². The number of carboxylic acids is 1. The Labute approximate surface area is 71.2 Å². The van der Waals surface area contributed by atoms with Crippen LogP contribution in [0.2, 0.25) is 0 Å². The lowest BCUT2D eigenvalue weighted by atomic mass is 10.2. The Morgan fingerprint density at radius 2 is 2.50 bits per heavy atom. The summed E-state index contributed by atoms with van der Waals surface area (Å²) in [7, 11) is 0. The Morgan fingerprint density at radius 3 is 2.83 bits per heavy atom. The lowest BCUT2D eigenvalue weighted by Crippen LogP contribution is -2.39. The van der Waals surface area contributed by atoms with E-state index in [9.17, 15) is 9.18 Å². The minimum absolute atomic E-state index is 0.283. The molecule has 0 radical (unpaired) electrons. The van der Waals surface area contributed by atoms with Crippen LogP contribution in [0.25, 0.3) is 0 Å². The molecule has 0 unspecified atom stereocenters. The van der Waals surface area contributed by atoms with Crippen LogP contribution in [0.5, 0.6) is 0 Å². The van der Waals surface area contributed by atoms with Crippen molar-refractivity contribution in [2.24, 2.45) is 0 Å². The molecule has 0 bridgehead atoms. The second-order valence-corrected chi connectivity index (χ2v) is 3.14. The number of likely N-dealkylation sites (tertiary alicyclic amines) is 1. The predicted octanol–water partition coefficient (Wildman–Crippen LogP) is 0.893. The van der Waals surface area contributed by atoms with Gasteiger partial charge in [-0.2, -0.15) is 0 Å². The van der Waals surface area contributed by atoms with E-state index in [1.165, 1.54) is 0 Å². The first-order valence-electron chi connectivity index (χ1n) is 4.26. The van der Waals surface area contributed by atoms with Gasteiger partial charge in [-0.1, -0.05) is 6.92 Å². The summed E-state index contributed by atoms with van der Waals surface area (Å²) >= 11 is 0. The minimum atomic E-state index is -0.841. The van der Waals surface area contributed by atoms with Crippen molar-refractivity contribution < 1.29 is 14.3 Å². The van der Waals surface area contributed by atoms with Crippen molar-refractivity contribution in [3.63, 3.8) is 0 Å². The van der Waals surface area contributed by atoms with Crippen LogP contribution in [0.3, 0.4) is 0 Å². The Balaban J connectivity index is 2.49. The number of hydrogen-bond donors (Lipinski definition) is 1. The zero-order valence-electron chi connectivity index (χ0n) is 7.16. The van der Waals surface area contributed by atoms with Crippen LogP contribution in [0.4, 0.5) is 4.39 Å². The molecule has 4 heteroatoms. The van der Waals surface area contributed by atoms with E-state index in [-0.39, 0.29) is 6.54 Å². The lowest BCUT2D eigenvalue weighted by molar-refractivity contribution is -0.143. The molecule has 2 atom stereocenters. The topological polar surface area (TPSA) is 40.5 Å². The predicted molar refractivity (Wildman–Crippen MR) is 42.8 cm³/mol. The number of nitrogens with zero attached hydrogens (tertiary/aromatic N) is 1. The zero-order chi connectivity index (χ0) is 9.14. The fourth-order valence-corrected chi connectivity index (χ4v) is 1.62. The van der Waals surface area contributed by atoms with E-state index in [0.717, 1.165) is 0 Å². The van der Waals surface area contributed by atoms with Gasteiger partial charge in [0.1, 0.15) is 12.2 Å². The first-order valence-corrected chi connectivity index (χ1v) is 4.26. The molecule has 12 heavy (non-hydrogen) atoms. The summed E-state index contributed by atoms with van der Waals surface area (Å²) in [5, 5.41) is 8.76. The summed E-state index contributed by atoms with van der Waals surface area (Å²) < 4.78 is 12.7. The molecule has 3 nitrogen and oxygen atoms in total. The number of carboxylic acid groups (broad SMARTS) is 1. The molecule has 1 heterocycles. The average molecular weight is 175 g/mol.